The molecule has 0 unspecified atom stereocenters. The van der Waals surface area contributed by atoms with Crippen LogP contribution in [0.2, 0.25) is 0 Å². The Morgan fingerprint density at radius 1 is 1.37 bits per heavy atom. The molecule has 6 nitrogen and oxygen atoms in total. The third-order valence-electron chi connectivity index (χ3n) is 3.94. The molecule has 0 spiro atoms. The molecular formula is C20H22FN3O3. The predicted molar refractivity (Wildman–Crippen MR) is 102 cm³/mol. The Kier molecular flexibility index (Phi) is 6.28. The summed E-state index contributed by atoms with van der Waals surface area (Å²) < 4.78 is 19.5. The van der Waals surface area contributed by atoms with Crippen molar-refractivity contribution in [3.05, 3.63) is 81.3 Å². The highest BCUT2D eigenvalue weighted by Crippen LogP contribution is 2.20. The molecule has 0 radical (unpaired) electrons. The monoisotopic (exact) mass is 371 g/mol. The van der Waals surface area contributed by atoms with Gasteiger partial charge in [0.15, 0.2) is 0 Å². The Bertz CT molecular complexity index is 1020. The highest BCUT2D eigenvalue weighted by Gasteiger charge is 2.10. The number of rotatable bonds is 6. The van der Waals surface area contributed by atoms with Crippen LogP contribution >= 0.6 is 0 Å². The van der Waals surface area contributed by atoms with Gasteiger partial charge in [-0.3, -0.25) is 9.20 Å². The molecule has 2 rings (SSSR count). The summed E-state index contributed by atoms with van der Waals surface area (Å²) >= 11 is 0. The average molecular weight is 371 g/mol. The maximum Gasteiger partial charge on any atom is 0.331 e. The van der Waals surface area contributed by atoms with Crippen molar-refractivity contribution in [2.45, 2.75) is 27.4 Å². The maximum absolute atomic E-state index is 13.2. The van der Waals surface area contributed by atoms with Gasteiger partial charge in [-0.25, -0.2) is 14.2 Å². The van der Waals surface area contributed by atoms with Gasteiger partial charge in [-0.2, -0.15) is 0 Å². The summed E-state index contributed by atoms with van der Waals surface area (Å²) in [5.74, 6) is -1.10. The standard InChI is InChI=1S/C20H22FN3O3/c1-12(2)20(14(4)22-5)13(3)8-19(26)27-11-16-9-18(25)24-10-15(21)6-7-17(24)23-16/h6-10,22H,1,11H2,2-5H3/b13-8+,20-14-. The molecule has 27 heavy (non-hydrogen) atoms. The number of carbonyl (C=O) groups excluding carboxylic acids is 1. The molecule has 0 amide bonds. The molecule has 2 aromatic rings. The van der Waals surface area contributed by atoms with E-state index >= 15 is 0 Å². The van der Waals surface area contributed by atoms with E-state index < -0.39 is 17.3 Å². The van der Waals surface area contributed by atoms with E-state index in [1.165, 1.54) is 24.3 Å². The number of halogens is 1. The molecule has 0 atom stereocenters. The van der Waals surface area contributed by atoms with Crippen molar-refractivity contribution in [1.29, 1.82) is 0 Å². The summed E-state index contributed by atoms with van der Waals surface area (Å²) in [6, 6.07) is 3.80. The number of carbonyl (C=O) groups is 1. The molecule has 142 valence electrons. The van der Waals surface area contributed by atoms with E-state index in [1.807, 2.05) is 13.8 Å². The third-order valence-corrected chi connectivity index (χ3v) is 3.94. The molecule has 0 saturated heterocycles. The Balaban J connectivity index is 2.18. The second kappa shape index (κ2) is 8.44. The van der Waals surface area contributed by atoms with Crippen LogP contribution in [-0.4, -0.2) is 22.4 Å². The molecular weight excluding hydrogens is 349 g/mol. The summed E-state index contributed by atoms with van der Waals surface area (Å²) in [6.07, 6.45) is 2.43. The lowest BCUT2D eigenvalue weighted by molar-refractivity contribution is -0.139. The number of esters is 1. The fourth-order valence-corrected chi connectivity index (χ4v) is 2.71. The van der Waals surface area contributed by atoms with Gasteiger partial charge in [-0.05, 0) is 49.6 Å². The highest BCUT2D eigenvalue weighted by atomic mass is 19.1. The number of ether oxygens (including phenoxy) is 1. The first-order chi connectivity index (χ1) is 12.7. The molecule has 7 heteroatoms. The summed E-state index contributed by atoms with van der Waals surface area (Å²) in [4.78, 5) is 28.4. The van der Waals surface area contributed by atoms with Crippen molar-refractivity contribution in [3.8, 4) is 0 Å². The van der Waals surface area contributed by atoms with Crippen LogP contribution in [0.3, 0.4) is 0 Å². The van der Waals surface area contributed by atoms with Gasteiger partial charge in [0, 0.05) is 31.1 Å². The fourth-order valence-electron chi connectivity index (χ4n) is 2.71. The Labute approximate surface area is 156 Å². The summed E-state index contributed by atoms with van der Waals surface area (Å²) in [7, 11) is 1.79. The normalized spacial score (nSPS) is 12.6. The van der Waals surface area contributed by atoms with E-state index in [0.717, 1.165) is 27.4 Å². The second-order valence-electron chi connectivity index (χ2n) is 6.13. The van der Waals surface area contributed by atoms with E-state index in [9.17, 15) is 14.0 Å². The van der Waals surface area contributed by atoms with Crippen LogP contribution in [0.15, 0.2) is 64.3 Å². The zero-order valence-corrected chi connectivity index (χ0v) is 15.8. The van der Waals surface area contributed by atoms with Gasteiger partial charge in [0.1, 0.15) is 18.1 Å². The van der Waals surface area contributed by atoms with Crippen molar-refractivity contribution in [2.75, 3.05) is 7.05 Å². The Hall–Kier alpha value is -3.22. The molecule has 2 heterocycles. The molecule has 1 N–H and O–H groups in total. The summed E-state index contributed by atoms with van der Waals surface area (Å²) in [6.45, 7) is 9.30. The smallest absolute Gasteiger partial charge is 0.331 e. The molecule has 0 aliphatic rings. The average Bonchev–Trinajstić information content (AvgIpc) is 2.60. The van der Waals surface area contributed by atoms with Crippen molar-refractivity contribution in [1.82, 2.24) is 14.7 Å². The van der Waals surface area contributed by atoms with Gasteiger partial charge >= 0.3 is 5.97 Å². The molecule has 0 aromatic carbocycles. The fraction of sp³-hybridized carbons (Fsp3) is 0.250. The largest absolute Gasteiger partial charge is 0.456 e. The van der Waals surface area contributed by atoms with Gasteiger partial charge in [-0.15, -0.1) is 0 Å². The minimum absolute atomic E-state index is 0.164. The van der Waals surface area contributed by atoms with Crippen LogP contribution in [0.5, 0.6) is 0 Å². The van der Waals surface area contributed by atoms with Gasteiger partial charge in [0.05, 0.1) is 5.69 Å². The van der Waals surface area contributed by atoms with Crippen LogP contribution < -0.4 is 10.9 Å². The van der Waals surface area contributed by atoms with Gasteiger partial charge in [-0.1, -0.05) is 6.58 Å². The molecule has 2 aromatic heterocycles. The van der Waals surface area contributed by atoms with Crippen LogP contribution in [0.25, 0.3) is 5.65 Å². The van der Waals surface area contributed by atoms with Crippen LogP contribution in [-0.2, 0) is 16.1 Å². The lowest BCUT2D eigenvalue weighted by atomic mass is 9.99. The molecule has 0 bridgehead atoms. The van der Waals surface area contributed by atoms with Crippen LogP contribution in [0.4, 0.5) is 4.39 Å². The van der Waals surface area contributed by atoms with E-state index in [4.69, 9.17) is 4.74 Å². The third kappa shape index (κ3) is 4.91. The SMILES string of the molecule is C=C(C)C(=C(\C)NC)/C(C)=C/C(=O)OCc1cc(=O)n2cc(F)ccc2n1. The number of nitrogens with one attached hydrogen (secondary N) is 1. The number of allylic oxidation sites excluding steroid dienone is 4. The van der Waals surface area contributed by atoms with Crippen molar-refractivity contribution in [3.63, 3.8) is 0 Å². The number of nitrogens with zero attached hydrogens (tertiary/aromatic N) is 2. The number of aromatic nitrogens is 2. The molecule has 0 aliphatic carbocycles. The van der Waals surface area contributed by atoms with E-state index in [-0.39, 0.29) is 17.9 Å². The minimum Gasteiger partial charge on any atom is -0.456 e. The summed E-state index contributed by atoms with van der Waals surface area (Å²) in [5.41, 5.74) is 3.38. The van der Waals surface area contributed by atoms with Gasteiger partial charge in [0.25, 0.3) is 5.56 Å². The number of hydrogen-bond donors (Lipinski definition) is 1. The highest BCUT2D eigenvalue weighted by molar-refractivity contribution is 5.84. The summed E-state index contributed by atoms with van der Waals surface area (Å²) in [5, 5.41) is 3.04. The van der Waals surface area contributed by atoms with Crippen LogP contribution in [0.1, 0.15) is 26.5 Å². The number of hydrogen-bond acceptors (Lipinski definition) is 5. The minimum atomic E-state index is -0.559. The van der Waals surface area contributed by atoms with Crippen molar-refractivity contribution in [2.24, 2.45) is 0 Å². The second-order valence-corrected chi connectivity index (χ2v) is 6.13. The van der Waals surface area contributed by atoms with Gasteiger partial charge in [0.2, 0.25) is 0 Å². The first-order valence-electron chi connectivity index (χ1n) is 8.30. The van der Waals surface area contributed by atoms with E-state index in [2.05, 4.69) is 16.9 Å². The zero-order valence-electron chi connectivity index (χ0n) is 15.8. The van der Waals surface area contributed by atoms with E-state index in [0.29, 0.717) is 5.57 Å². The van der Waals surface area contributed by atoms with Crippen LogP contribution in [0, 0.1) is 5.82 Å². The lowest BCUT2D eigenvalue weighted by Gasteiger charge is -2.13. The topological polar surface area (TPSA) is 72.7 Å². The first-order valence-corrected chi connectivity index (χ1v) is 8.30. The Morgan fingerprint density at radius 3 is 2.70 bits per heavy atom. The molecule has 0 aliphatic heterocycles. The quantitative estimate of drug-likeness (QED) is 0.480. The van der Waals surface area contributed by atoms with Crippen molar-refractivity contribution >= 4 is 11.6 Å². The lowest BCUT2D eigenvalue weighted by Crippen LogP contribution is -2.16. The molecule has 0 fully saturated rings. The predicted octanol–water partition coefficient (Wildman–Crippen LogP) is 2.89. The zero-order chi connectivity index (χ0) is 20.1. The number of pyridine rings is 1. The maximum atomic E-state index is 13.2. The van der Waals surface area contributed by atoms with Crippen molar-refractivity contribution < 1.29 is 13.9 Å². The van der Waals surface area contributed by atoms with E-state index in [1.54, 1.807) is 14.0 Å². The Morgan fingerprint density at radius 2 is 2.07 bits per heavy atom. The number of fused-ring (bicyclic) bond motifs is 1. The molecule has 0 saturated carbocycles. The first kappa shape index (κ1) is 20.1. The van der Waals surface area contributed by atoms with Gasteiger partial charge < -0.3 is 10.1 Å².